The number of piperazine rings is 1. The van der Waals surface area contributed by atoms with Crippen molar-refractivity contribution >= 4 is 23.4 Å². The summed E-state index contributed by atoms with van der Waals surface area (Å²) in [4.78, 5) is 38.9. The van der Waals surface area contributed by atoms with Crippen molar-refractivity contribution in [1.82, 2.24) is 15.5 Å². The molecule has 0 unspecified atom stereocenters. The van der Waals surface area contributed by atoms with E-state index in [1.165, 1.54) is 13.0 Å². The molecule has 1 aromatic carbocycles. The highest BCUT2D eigenvalue weighted by Gasteiger charge is 2.22. The number of nitrogens with one attached hydrogen (secondary N) is 2. The first-order chi connectivity index (χ1) is 12.5. The van der Waals surface area contributed by atoms with Crippen LogP contribution in [0.1, 0.15) is 38.1 Å². The number of halogens is 1. The van der Waals surface area contributed by atoms with Crippen LogP contribution in [0.3, 0.4) is 0 Å². The van der Waals surface area contributed by atoms with E-state index in [1.807, 2.05) is 30.6 Å². The third-order valence-corrected chi connectivity index (χ3v) is 4.18. The van der Waals surface area contributed by atoms with Crippen LogP contribution in [0.15, 0.2) is 18.2 Å². The van der Waals surface area contributed by atoms with Gasteiger partial charge in [-0.05, 0) is 45.9 Å². The second kappa shape index (κ2) is 8.47. The van der Waals surface area contributed by atoms with Crippen LogP contribution in [0.25, 0.3) is 0 Å². The smallest absolute Gasteiger partial charge is 0.321 e. The van der Waals surface area contributed by atoms with E-state index in [0.29, 0.717) is 37.4 Å². The summed E-state index contributed by atoms with van der Waals surface area (Å²) in [6, 6.07) is 3.98. The summed E-state index contributed by atoms with van der Waals surface area (Å²) in [7, 11) is 0. The second-order valence-corrected chi connectivity index (χ2v) is 7.74. The van der Waals surface area contributed by atoms with Gasteiger partial charge in [-0.2, -0.15) is 0 Å². The van der Waals surface area contributed by atoms with Gasteiger partial charge in [0.2, 0.25) is 5.91 Å². The number of imide groups is 1. The number of anilines is 1. The molecule has 3 amide bonds. The summed E-state index contributed by atoms with van der Waals surface area (Å²) >= 11 is 0. The van der Waals surface area contributed by atoms with E-state index < -0.39 is 17.4 Å². The number of hydrogen-bond donors (Lipinski definition) is 2. The number of carbonyl (C=O) groups excluding carboxylic acids is 3. The second-order valence-electron chi connectivity index (χ2n) is 7.74. The molecule has 0 atom stereocenters. The van der Waals surface area contributed by atoms with Gasteiger partial charge in [-0.15, -0.1) is 0 Å². The summed E-state index contributed by atoms with van der Waals surface area (Å²) in [5.41, 5.74) is 0.381. The van der Waals surface area contributed by atoms with Crippen molar-refractivity contribution < 1.29 is 18.8 Å². The van der Waals surface area contributed by atoms with Crippen molar-refractivity contribution in [3.63, 3.8) is 0 Å². The maximum Gasteiger partial charge on any atom is 0.321 e. The molecule has 2 rings (SSSR count). The molecule has 0 saturated carbocycles. The molecule has 2 N–H and O–H groups in total. The zero-order valence-corrected chi connectivity index (χ0v) is 16.3. The normalized spacial score (nSPS) is 15.4. The summed E-state index contributed by atoms with van der Waals surface area (Å²) < 4.78 is 14.3. The monoisotopic (exact) mass is 378 g/mol. The predicted molar refractivity (Wildman–Crippen MR) is 101 cm³/mol. The minimum absolute atomic E-state index is 0.108. The number of rotatable bonds is 4. The number of Topliss-reactive ketones (excluding diaryl/α,β-unsaturated/α-hetero) is 1. The van der Waals surface area contributed by atoms with E-state index in [0.717, 1.165) is 0 Å². The summed E-state index contributed by atoms with van der Waals surface area (Å²) in [5, 5.41) is 4.99. The van der Waals surface area contributed by atoms with Gasteiger partial charge in [0, 0.05) is 37.3 Å². The Morgan fingerprint density at radius 3 is 2.26 bits per heavy atom. The van der Waals surface area contributed by atoms with Crippen LogP contribution in [0.4, 0.5) is 14.9 Å². The minimum Gasteiger partial charge on any atom is -0.367 e. The minimum atomic E-state index is -0.515. The molecule has 0 radical (unpaired) electrons. The van der Waals surface area contributed by atoms with E-state index in [-0.39, 0.29) is 18.2 Å². The average molecular weight is 378 g/mol. The molecule has 1 saturated heterocycles. The zero-order chi connectivity index (χ0) is 20.2. The van der Waals surface area contributed by atoms with Crippen molar-refractivity contribution in [2.24, 2.45) is 0 Å². The quantitative estimate of drug-likeness (QED) is 0.781. The van der Waals surface area contributed by atoms with Gasteiger partial charge in [0.05, 0.1) is 12.2 Å². The van der Waals surface area contributed by atoms with Gasteiger partial charge in [-0.3, -0.25) is 19.8 Å². The van der Waals surface area contributed by atoms with Crippen LogP contribution < -0.4 is 15.5 Å². The lowest BCUT2D eigenvalue weighted by Gasteiger charge is -2.35. The number of urea groups is 1. The molecular formula is C19H27FN4O3. The van der Waals surface area contributed by atoms with E-state index in [2.05, 4.69) is 10.6 Å². The molecular weight excluding hydrogens is 351 g/mol. The van der Waals surface area contributed by atoms with Gasteiger partial charge in [0.25, 0.3) is 0 Å². The van der Waals surface area contributed by atoms with Gasteiger partial charge >= 0.3 is 6.03 Å². The van der Waals surface area contributed by atoms with Crippen LogP contribution in [-0.2, 0) is 4.79 Å². The Balaban J connectivity index is 1.84. The van der Waals surface area contributed by atoms with Crippen LogP contribution in [0, 0.1) is 5.82 Å². The van der Waals surface area contributed by atoms with Gasteiger partial charge in [0.1, 0.15) is 5.82 Å². The van der Waals surface area contributed by atoms with Crippen LogP contribution in [0.5, 0.6) is 0 Å². The Labute approximate surface area is 158 Å². The first-order valence-corrected chi connectivity index (χ1v) is 8.95. The predicted octanol–water partition coefficient (Wildman–Crippen LogP) is 1.77. The Morgan fingerprint density at radius 1 is 1.11 bits per heavy atom. The summed E-state index contributed by atoms with van der Waals surface area (Å²) in [5.74, 6) is -0.971. The Bertz CT molecular complexity index is 722. The maximum atomic E-state index is 14.3. The first kappa shape index (κ1) is 20.8. The largest absolute Gasteiger partial charge is 0.367 e. The highest BCUT2D eigenvalue weighted by molar-refractivity contribution is 5.95. The van der Waals surface area contributed by atoms with E-state index >= 15 is 0 Å². The first-order valence-electron chi connectivity index (χ1n) is 8.95. The molecule has 1 fully saturated rings. The fourth-order valence-corrected chi connectivity index (χ4v) is 2.87. The molecule has 27 heavy (non-hydrogen) atoms. The third kappa shape index (κ3) is 6.32. The van der Waals surface area contributed by atoms with E-state index in [9.17, 15) is 18.8 Å². The Hall–Kier alpha value is -2.48. The molecule has 0 aromatic heterocycles. The third-order valence-electron chi connectivity index (χ3n) is 4.18. The molecule has 0 bridgehead atoms. The molecule has 148 valence electrons. The lowest BCUT2D eigenvalue weighted by molar-refractivity contribution is -0.121. The number of carbonyl (C=O) groups is 3. The number of ketones is 1. The summed E-state index contributed by atoms with van der Waals surface area (Å²) in [6.45, 7) is 9.26. The van der Waals surface area contributed by atoms with Gasteiger partial charge in [-0.25, -0.2) is 9.18 Å². The maximum absolute atomic E-state index is 14.3. The molecule has 0 aliphatic carbocycles. The van der Waals surface area contributed by atoms with Crippen molar-refractivity contribution in [3.05, 3.63) is 29.6 Å². The van der Waals surface area contributed by atoms with Crippen molar-refractivity contribution in [2.45, 2.75) is 33.2 Å². The molecule has 8 heteroatoms. The van der Waals surface area contributed by atoms with Crippen molar-refractivity contribution in [2.75, 3.05) is 37.6 Å². The van der Waals surface area contributed by atoms with Crippen LogP contribution in [-0.4, -0.2) is 60.9 Å². The van der Waals surface area contributed by atoms with Crippen LogP contribution in [0.2, 0.25) is 0 Å². The Kier molecular flexibility index (Phi) is 6.54. The highest BCUT2D eigenvalue weighted by Crippen LogP contribution is 2.22. The lowest BCUT2D eigenvalue weighted by Crippen LogP contribution is -2.53. The molecule has 0 spiro atoms. The molecule has 1 heterocycles. The number of nitrogens with zero attached hydrogens (tertiary/aromatic N) is 2. The Morgan fingerprint density at radius 2 is 1.74 bits per heavy atom. The van der Waals surface area contributed by atoms with Gasteiger partial charge in [0.15, 0.2) is 5.78 Å². The van der Waals surface area contributed by atoms with E-state index in [4.69, 9.17) is 0 Å². The van der Waals surface area contributed by atoms with Crippen molar-refractivity contribution in [3.8, 4) is 0 Å². The number of amides is 3. The average Bonchev–Trinajstić information content (AvgIpc) is 2.53. The fraction of sp³-hybridized carbons (Fsp3) is 0.526. The lowest BCUT2D eigenvalue weighted by atomic mass is 10.1. The van der Waals surface area contributed by atoms with Gasteiger partial charge < -0.3 is 10.2 Å². The topological polar surface area (TPSA) is 81.8 Å². The molecule has 1 aliphatic rings. The van der Waals surface area contributed by atoms with Crippen LogP contribution >= 0.6 is 0 Å². The number of hydrogen-bond acceptors (Lipinski definition) is 5. The number of benzene rings is 1. The molecule has 7 nitrogen and oxygen atoms in total. The standard InChI is InChI=1S/C19H27FN4O3/c1-13(25)14-5-6-16(15(20)11-14)24-9-7-23(8-10-24)12-17(26)21-18(27)22-19(2,3)4/h5-6,11H,7-10,12H2,1-4H3,(H2,21,22,26,27). The zero-order valence-electron chi connectivity index (χ0n) is 16.3. The summed E-state index contributed by atoms with van der Waals surface area (Å²) in [6.07, 6.45) is 0. The molecule has 1 aromatic rings. The van der Waals surface area contributed by atoms with E-state index in [1.54, 1.807) is 12.1 Å². The van der Waals surface area contributed by atoms with Gasteiger partial charge in [-0.1, -0.05) is 0 Å². The fourth-order valence-electron chi connectivity index (χ4n) is 2.87. The highest BCUT2D eigenvalue weighted by atomic mass is 19.1. The van der Waals surface area contributed by atoms with Crippen molar-refractivity contribution in [1.29, 1.82) is 0 Å². The SMILES string of the molecule is CC(=O)c1ccc(N2CCN(CC(=O)NC(=O)NC(C)(C)C)CC2)c(F)c1. The molecule has 1 aliphatic heterocycles.